The van der Waals surface area contributed by atoms with Crippen LogP contribution in [0.5, 0.6) is 5.75 Å². The van der Waals surface area contributed by atoms with Gasteiger partial charge in [-0.3, -0.25) is 4.79 Å². The summed E-state index contributed by atoms with van der Waals surface area (Å²) in [5, 5.41) is 0. The lowest BCUT2D eigenvalue weighted by atomic mass is 10.0. The van der Waals surface area contributed by atoms with Gasteiger partial charge in [-0.05, 0) is 25.5 Å². The molecule has 0 amide bonds. The smallest absolute Gasteiger partial charge is 0.170 e. The Morgan fingerprint density at radius 3 is 1.76 bits per heavy atom. The van der Waals surface area contributed by atoms with Crippen molar-refractivity contribution in [3.8, 4) is 5.75 Å². The molecule has 0 saturated carbocycles. The van der Waals surface area contributed by atoms with Crippen LogP contribution < -0.4 is 4.74 Å². The monoisotopic (exact) mass is 346 g/mol. The van der Waals surface area contributed by atoms with E-state index in [9.17, 15) is 4.79 Å². The summed E-state index contributed by atoms with van der Waals surface area (Å²) >= 11 is 0. The lowest BCUT2D eigenvalue weighted by Crippen LogP contribution is -2.10. The molecule has 0 saturated heterocycles. The lowest BCUT2D eigenvalue weighted by Gasteiger charge is -2.06. The molecule has 0 N–H and O–H groups in total. The van der Waals surface area contributed by atoms with Crippen LogP contribution >= 0.6 is 0 Å². The normalized spacial score (nSPS) is 10.8. The van der Waals surface area contributed by atoms with Crippen LogP contribution in [-0.2, 0) is 4.79 Å². The number of carbonyl (C=O) groups excluding carboxylic acids is 1. The zero-order valence-electron chi connectivity index (χ0n) is 16.5. The second kappa shape index (κ2) is 15.0. The Morgan fingerprint density at radius 1 is 0.760 bits per heavy atom. The Balaban J connectivity index is 1.86. The number of unbranched alkanes of at least 4 members (excludes halogenated alkanes) is 11. The minimum absolute atomic E-state index is 0.209. The summed E-state index contributed by atoms with van der Waals surface area (Å²) < 4.78 is 5.53. The molecule has 0 fully saturated rings. The molecule has 25 heavy (non-hydrogen) atoms. The van der Waals surface area contributed by atoms with E-state index >= 15 is 0 Å². The maximum absolute atomic E-state index is 11.8. The topological polar surface area (TPSA) is 26.3 Å². The van der Waals surface area contributed by atoms with Gasteiger partial charge in [-0.25, -0.2) is 0 Å². The van der Waals surface area contributed by atoms with Gasteiger partial charge in [0.05, 0.1) is 0 Å². The van der Waals surface area contributed by atoms with Crippen LogP contribution in [0.2, 0.25) is 0 Å². The third kappa shape index (κ3) is 12.7. The number of aryl methyl sites for hydroxylation is 1. The molecule has 0 aliphatic carbocycles. The summed E-state index contributed by atoms with van der Waals surface area (Å²) in [7, 11) is 0. The van der Waals surface area contributed by atoms with E-state index in [1.165, 1.54) is 76.2 Å². The summed E-state index contributed by atoms with van der Waals surface area (Å²) in [5.74, 6) is 1.00. The second-order valence-electron chi connectivity index (χ2n) is 7.28. The van der Waals surface area contributed by atoms with E-state index in [4.69, 9.17) is 4.74 Å². The molecule has 0 atom stereocenters. The maximum Gasteiger partial charge on any atom is 0.170 e. The highest BCUT2D eigenvalue weighted by Gasteiger charge is 2.03. The maximum atomic E-state index is 11.8. The van der Waals surface area contributed by atoms with Crippen molar-refractivity contribution in [2.45, 2.75) is 97.3 Å². The van der Waals surface area contributed by atoms with Gasteiger partial charge in [-0.1, -0.05) is 95.2 Å². The molecule has 2 heteroatoms. The summed E-state index contributed by atoms with van der Waals surface area (Å²) in [6, 6.07) is 7.86. The van der Waals surface area contributed by atoms with Crippen LogP contribution in [0.25, 0.3) is 0 Å². The number of hydrogen-bond acceptors (Lipinski definition) is 2. The average Bonchev–Trinajstić information content (AvgIpc) is 2.62. The highest BCUT2D eigenvalue weighted by molar-refractivity contribution is 5.79. The third-order valence-corrected chi connectivity index (χ3v) is 4.73. The molecule has 1 aromatic carbocycles. The van der Waals surface area contributed by atoms with Crippen molar-refractivity contribution in [3.05, 3.63) is 29.8 Å². The van der Waals surface area contributed by atoms with Crippen LogP contribution in [0.3, 0.4) is 0 Å². The van der Waals surface area contributed by atoms with E-state index < -0.39 is 0 Å². The summed E-state index contributed by atoms with van der Waals surface area (Å²) in [6.45, 7) is 4.52. The quantitative estimate of drug-likeness (QED) is 0.300. The number of rotatable bonds is 16. The number of hydrogen-bond donors (Lipinski definition) is 0. The first kappa shape index (κ1) is 21.7. The molecular formula is C23H38O2. The van der Waals surface area contributed by atoms with Gasteiger partial charge in [0.15, 0.2) is 5.78 Å². The standard InChI is InChI=1S/C23H38O2/c1-3-4-5-6-7-8-9-10-11-12-13-14-15-22(24)20-25-23-18-16-21(2)17-19-23/h16-19H,3-15,20H2,1-2H3. The van der Waals surface area contributed by atoms with Crippen molar-refractivity contribution in [3.63, 3.8) is 0 Å². The van der Waals surface area contributed by atoms with Crippen LogP contribution in [0.15, 0.2) is 24.3 Å². The molecular weight excluding hydrogens is 308 g/mol. The van der Waals surface area contributed by atoms with E-state index in [1.807, 2.05) is 31.2 Å². The van der Waals surface area contributed by atoms with E-state index in [1.54, 1.807) is 0 Å². The predicted octanol–water partition coefficient (Wildman–Crippen LogP) is 7.03. The molecule has 0 heterocycles. The number of ether oxygens (including phenoxy) is 1. The molecule has 1 aromatic rings. The lowest BCUT2D eigenvalue weighted by molar-refractivity contribution is -0.121. The van der Waals surface area contributed by atoms with Crippen LogP contribution in [0, 0.1) is 6.92 Å². The van der Waals surface area contributed by atoms with Gasteiger partial charge in [0.25, 0.3) is 0 Å². The average molecular weight is 347 g/mol. The molecule has 2 nitrogen and oxygen atoms in total. The Morgan fingerprint density at radius 2 is 1.24 bits per heavy atom. The Hall–Kier alpha value is -1.31. The minimum atomic E-state index is 0.209. The fraction of sp³-hybridized carbons (Fsp3) is 0.696. The van der Waals surface area contributed by atoms with Crippen LogP contribution in [-0.4, -0.2) is 12.4 Å². The van der Waals surface area contributed by atoms with Gasteiger partial charge < -0.3 is 4.74 Å². The Bertz CT molecular complexity index is 436. The molecule has 0 unspecified atom stereocenters. The molecule has 0 radical (unpaired) electrons. The third-order valence-electron chi connectivity index (χ3n) is 4.73. The molecule has 0 aromatic heterocycles. The van der Waals surface area contributed by atoms with Crippen LogP contribution in [0.4, 0.5) is 0 Å². The largest absolute Gasteiger partial charge is 0.486 e. The number of carbonyl (C=O) groups is 1. The van der Waals surface area contributed by atoms with E-state index in [2.05, 4.69) is 6.92 Å². The number of Topliss-reactive ketones (excluding diaryl/α,β-unsaturated/α-hetero) is 1. The molecule has 0 aliphatic heterocycles. The molecule has 142 valence electrons. The van der Waals surface area contributed by atoms with Crippen molar-refractivity contribution in [2.24, 2.45) is 0 Å². The first-order valence-electron chi connectivity index (χ1n) is 10.4. The molecule has 0 spiro atoms. The zero-order valence-corrected chi connectivity index (χ0v) is 16.5. The van der Waals surface area contributed by atoms with Crippen molar-refractivity contribution in [1.29, 1.82) is 0 Å². The fourth-order valence-corrected chi connectivity index (χ4v) is 3.03. The predicted molar refractivity (Wildman–Crippen MR) is 107 cm³/mol. The first-order chi connectivity index (χ1) is 12.2. The van der Waals surface area contributed by atoms with Gasteiger partial charge in [-0.2, -0.15) is 0 Å². The highest BCUT2D eigenvalue weighted by atomic mass is 16.5. The van der Waals surface area contributed by atoms with Crippen molar-refractivity contribution in [2.75, 3.05) is 6.61 Å². The van der Waals surface area contributed by atoms with E-state index in [-0.39, 0.29) is 12.4 Å². The minimum Gasteiger partial charge on any atom is -0.486 e. The van der Waals surface area contributed by atoms with E-state index in [0.29, 0.717) is 6.42 Å². The summed E-state index contributed by atoms with van der Waals surface area (Å²) in [6.07, 6.45) is 16.5. The molecule has 0 bridgehead atoms. The second-order valence-corrected chi connectivity index (χ2v) is 7.28. The van der Waals surface area contributed by atoms with E-state index in [0.717, 1.165) is 12.2 Å². The number of ketones is 1. The summed E-state index contributed by atoms with van der Waals surface area (Å²) in [5.41, 5.74) is 1.20. The molecule has 1 rings (SSSR count). The Labute approximate surface area is 155 Å². The van der Waals surface area contributed by atoms with Crippen molar-refractivity contribution < 1.29 is 9.53 Å². The van der Waals surface area contributed by atoms with Gasteiger partial charge in [-0.15, -0.1) is 0 Å². The fourth-order valence-electron chi connectivity index (χ4n) is 3.03. The summed E-state index contributed by atoms with van der Waals surface area (Å²) in [4.78, 5) is 11.8. The SMILES string of the molecule is CCCCCCCCCCCCCCC(=O)COc1ccc(C)cc1. The zero-order chi connectivity index (χ0) is 18.2. The van der Waals surface area contributed by atoms with Gasteiger partial charge >= 0.3 is 0 Å². The van der Waals surface area contributed by atoms with Gasteiger partial charge in [0, 0.05) is 6.42 Å². The first-order valence-corrected chi connectivity index (χ1v) is 10.4. The Kier molecular flexibility index (Phi) is 13.0. The number of benzene rings is 1. The van der Waals surface area contributed by atoms with Crippen molar-refractivity contribution >= 4 is 5.78 Å². The molecule has 0 aliphatic rings. The highest BCUT2D eigenvalue weighted by Crippen LogP contribution is 2.14. The van der Waals surface area contributed by atoms with Crippen LogP contribution in [0.1, 0.15) is 96.0 Å². The van der Waals surface area contributed by atoms with Crippen molar-refractivity contribution in [1.82, 2.24) is 0 Å². The van der Waals surface area contributed by atoms with Gasteiger partial charge in [0.2, 0.25) is 0 Å². The van der Waals surface area contributed by atoms with Gasteiger partial charge in [0.1, 0.15) is 12.4 Å².